The van der Waals surface area contributed by atoms with E-state index in [0.717, 1.165) is 23.3 Å². The molecule has 0 radical (unpaired) electrons. The largest absolute Gasteiger partial charge is 0.274 e. The molecular weight excluding hydrogens is 248 g/mol. The normalized spacial score (nSPS) is 12.3. The molecule has 3 heteroatoms. The van der Waals surface area contributed by atoms with Gasteiger partial charge in [0.2, 0.25) is 5.91 Å². The maximum atomic E-state index is 12.6. The van der Waals surface area contributed by atoms with Gasteiger partial charge in [-0.3, -0.25) is 9.36 Å². The summed E-state index contributed by atoms with van der Waals surface area (Å²) < 4.78 is 1.82. The molecule has 0 aliphatic heterocycles. The minimum atomic E-state index is -0.146. The Morgan fingerprint density at radius 2 is 1.90 bits per heavy atom. The van der Waals surface area contributed by atoms with Crippen LogP contribution in [-0.2, 0) is 5.41 Å². The third-order valence-corrected chi connectivity index (χ3v) is 3.42. The van der Waals surface area contributed by atoms with E-state index in [2.05, 4.69) is 39.6 Å². The summed E-state index contributed by atoms with van der Waals surface area (Å²) in [5.74, 6) is 1.54. The first-order chi connectivity index (χ1) is 9.30. The first-order valence-electron chi connectivity index (χ1n) is 7.32. The first kappa shape index (κ1) is 14.8. The Hall–Kier alpha value is -1.64. The van der Waals surface area contributed by atoms with Crippen molar-refractivity contribution in [2.75, 3.05) is 0 Å². The van der Waals surface area contributed by atoms with E-state index in [1.165, 1.54) is 0 Å². The molecular formula is C17H24N2O. The zero-order chi connectivity index (χ0) is 14.9. The van der Waals surface area contributed by atoms with Gasteiger partial charge in [-0.05, 0) is 24.5 Å². The molecule has 2 rings (SSSR count). The number of fused-ring (bicyclic) bond motifs is 1. The lowest BCUT2D eigenvalue weighted by Crippen LogP contribution is -2.23. The van der Waals surface area contributed by atoms with Gasteiger partial charge < -0.3 is 0 Å². The van der Waals surface area contributed by atoms with Crippen molar-refractivity contribution in [3.8, 4) is 0 Å². The van der Waals surface area contributed by atoms with Crippen molar-refractivity contribution >= 4 is 16.9 Å². The lowest BCUT2D eigenvalue weighted by atomic mass is 9.95. The number of carbonyl (C=O) groups is 1. The van der Waals surface area contributed by atoms with Gasteiger partial charge in [0.25, 0.3) is 0 Å². The molecule has 0 amide bonds. The Morgan fingerprint density at radius 3 is 2.50 bits per heavy atom. The molecule has 0 aliphatic rings. The molecule has 1 heterocycles. The van der Waals surface area contributed by atoms with Crippen molar-refractivity contribution in [3.05, 3.63) is 30.1 Å². The first-order valence-corrected chi connectivity index (χ1v) is 7.32. The molecule has 0 N–H and O–H groups in total. The molecule has 1 aromatic carbocycles. The number of carbonyl (C=O) groups excluding carboxylic acids is 1. The second-order valence-electron chi connectivity index (χ2n) is 6.84. The number of imidazole rings is 1. The molecule has 0 atom stereocenters. The fourth-order valence-electron chi connectivity index (χ4n) is 2.31. The number of nitrogens with zero attached hydrogens (tertiary/aromatic N) is 2. The van der Waals surface area contributed by atoms with Crippen LogP contribution >= 0.6 is 0 Å². The Morgan fingerprint density at radius 1 is 1.25 bits per heavy atom. The van der Waals surface area contributed by atoms with Crippen LogP contribution in [0.3, 0.4) is 0 Å². The van der Waals surface area contributed by atoms with Crippen LogP contribution in [0.5, 0.6) is 0 Å². The standard InChI is InChI=1S/C17H24N2O/c1-12(2)10-11-15(20)19-14-9-7-6-8-13(14)18-16(19)17(3,4)5/h6-9,12H,10-11H2,1-5H3. The summed E-state index contributed by atoms with van der Waals surface area (Å²) in [4.78, 5) is 17.3. The van der Waals surface area contributed by atoms with Crippen LogP contribution in [0.1, 0.15) is 58.1 Å². The fraction of sp³-hybridized carbons (Fsp3) is 0.529. The fourth-order valence-corrected chi connectivity index (χ4v) is 2.31. The second kappa shape index (κ2) is 5.39. The maximum Gasteiger partial charge on any atom is 0.232 e. The van der Waals surface area contributed by atoms with Crippen molar-refractivity contribution in [3.63, 3.8) is 0 Å². The molecule has 0 saturated heterocycles. The third-order valence-electron chi connectivity index (χ3n) is 3.42. The highest BCUT2D eigenvalue weighted by molar-refractivity contribution is 5.91. The van der Waals surface area contributed by atoms with Gasteiger partial charge in [0.05, 0.1) is 11.0 Å². The van der Waals surface area contributed by atoms with Crippen molar-refractivity contribution in [1.29, 1.82) is 0 Å². The maximum absolute atomic E-state index is 12.6. The van der Waals surface area contributed by atoms with Crippen molar-refractivity contribution in [1.82, 2.24) is 9.55 Å². The topological polar surface area (TPSA) is 34.9 Å². The molecule has 3 nitrogen and oxygen atoms in total. The highest BCUT2D eigenvalue weighted by atomic mass is 16.2. The Bertz CT molecular complexity index is 617. The average Bonchev–Trinajstić information content (AvgIpc) is 2.75. The van der Waals surface area contributed by atoms with Crippen LogP contribution in [-0.4, -0.2) is 15.5 Å². The minimum absolute atomic E-state index is 0.146. The average molecular weight is 272 g/mol. The summed E-state index contributed by atoms with van der Waals surface area (Å²) in [6.07, 6.45) is 1.48. The van der Waals surface area contributed by atoms with Crippen molar-refractivity contribution < 1.29 is 4.79 Å². The number of rotatable bonds is 3. The lowest BCUT2D eigenvalue weighted by Gasteiger charge is -2.19. The molecule has 0 spiro atoms. The summed E-state index contributed by atoms with van der Waals surface area (Å²) in [6.45, 7) is 10.6. The number of benzene rings is 1. The SMILES string of the molecule is CC(C)CCC(=O)n1c(C(C)(C)C)nc2ccccc21. The highest BCUT2D eigenvalue weighted by Crippen LogP contribution is 2.27. The predicted molar refractivity (Wildman–Crippen MR) is 83.1 cm³/mol. The van der Waals surface area contributed by atoms with Crippen LogP contribution in [0, 0.1) is 5.92 Å². The van der Waals surface area contributed by atoms with E-state index in [1.807, 2.05) is 28.8 Å². The summed E-state index contributed by atoms with van der Waals surface area (Å²) >= 11 is 0. The number of hydrogen-bond donors (Lipinski definition) is 0. The highest BCUT2D eigenvalue weighted by Gasteiger charge is 2.25. The monoisotopic (exact) mass is 272 g/mol. The summed E-state index contributed by atoms with van der Waals surface area (Å²) in [7, 11) is 0. The number of aromatic nitrogens is 2. The summed E-state index contributed by atoms with van der Waals surface area (Å²) in [5.41, 5.74) is 1.67. The van der Waals surface area contributed by atoms with E-state index in [1.54, 1.807) is 0 Å². The predicted octanol–water partition coefficient (Wildman–Crippen LogP) is 4.41. The molecule has 108 valence electrons. The smallest absolute Gasteiger partial charge is 0.232 e. The number of hydrogen-bond acceptors (Lipinski definition) is 2. The minimum Gasteiger partial charge on any atom is -0.274 e. The van der Waals surface area contributed by atoms with Gasteiger partial charge in [0.1, 0.15) is 5.82 Å². The summed E-state index contributed by atoms with van der Waals surface area (Å²) in [5, 5.41) is 0. The van der Waals surface area contributed by atoms with Gasteiger partial charge in [0, 0.05) is 11.8 Å². The van der Waals surface area contributed by atoms with Crippen molar-refractivity contribution in [2.24, 2.45) is 5.92 Å². The third kappa shape index (κ3) is 2.92. The molecule has 0 saturated carbocycles. The van der Waals surface area contributed by atoms with Crippen LogP contribution in [0.15, 0.2) is 24.3 Å². The van der Waals surface area contributed by atoms with Gasteiger partial charge in [0.15, 0.2) is 0 Å². The van der Waals surface area contributed by atoms with E-state index in [9.17, 15) is 4.79 Å². The van der Waals surface area contributed by atoms with E-state index < -0.39 is 0 Å². The van der Waals surface area contributed by atoms with E-state index in [4.69, 9.17) is 0 Å². The van der Waals surface area contributed by atoms with Gasteiger partial charge in [-0.15, -0.1) is 0 Å². The van der Waals surface area contributed by atoms with Crippen LogP contribution in [0.2, 0.25) is 0 Å². The van der Waals surface area contributed by atoms with E-state index in [-0.39, 0.29) is 11.3 Å². The molecule has 20 heavy (non-hydrogen) atoms. The van der Waals surface area contributed by atoms with E-state index >= 15 is 0 Å². The quantitative estimate of drug-likeness (QED) is 0.829. The molecule has 0 unspecified atom stereocenters. The van der Waals surface area contributed by atoms with Crippen LogP contribution in [0.4, 0.5) is 0 Å². The van der Waals surface area contributed by atoms with Gasteiger partial charge in [-0.2, -0.15) is 0 Å². The zero-order valence-corrected chi connectivity index (χ0v) is 13.1. The van der Waals surface area contributed by atoms with Gasteiger partial charge in [-0.1, -0.05) is 46.8 Å². The molecule has 1 aromatic heterocycles. The Balaban J connectivity index is 2.51. The summed E-state index contributed by atoms with van der Waals surface area (Å²) in [6, 6.07) is 7.87. The van der Waals surface area contributed by atoms with Gasteiger partial charge in [-0.25, -0.2) is 4.98 Å². The lowest BCUT2D eigenvalue weighted by molar-refractivity contribution is 0.0892. The van der Waals surface area contributed by atoms with Crippen molar-refractivity contribution in [2.45, 2.75) is 52.9 Å². The second-order valence-corrected chi connectivity index (χ2v) is 6.84. The molecule has 0 bridgehead atoms. The zero-order valence-electron chi connectivity index (χ0n) is 13.1. The van der Waals surface area contributed by atoms with Crippen LogP contribution in [0.25, 0.3) is 11.0 Å². The Labute approximate surface area is 121 Å². The molecule has 0 fully saturated rings. The Kier molecular flexibility index (Phi) is 3.98. The van der Waals surface area contributed by atoms with E-state index in [0.29, 0.717) is 12.3 Å². The number of para-hydroxylation sites is 2. The van der Waals surface area contributed by atoms with Gasteiger partial charge >= 0.3 is 0 Å². The molecule has 2 aromatic rings. The van der Waals surface area contributed by atoms with Crippen LogP contribution < -0.4 is 0 Å². The molecule has 0 aliphatic carbocycles.